The Morgan fingerprint density at radius 1 is 1.18 bits per heavy atom. The zero-order valence-electron chi connectivity index (χ0n) is 15.1. The number of halogens is 1. The van der Waals surface area contributed by atoms with E-state index in [2.05, 4.69) is 15.3 Å². The van der Waals surface area contributed by atoms with Gasteiger partial charge in [0.2, 0.25) is 11.8 Å². The molecule has 1 unspecified atom stereocenters. The number of benzene rings is 2. The summed E-state index contributed by atoms with van der Waals surface area (Å²) >= 11 is 5.87. The van der Waals surface area contributed by atoms with Crippen LogP contribution < -0.4 is 10.3 Å². The molecule has 1 N–H and O–H groups in total. The maximum absolute atomic E-state index is 12.3. The average molecular weight is 400 g/mol. The standard InChI is InChI=1S/C20H18ClN3O4/c1-28-20(27)14-4-2-13(3-5-14)11-22-23-19(26)15-10-18(25)24(12-15)17-8-6-16(21)7-9-17/h2-9,11,15H,10,12H2,1H3,(H,23,26)/b22-11+. The van der Waals surface area contributed by atoms with E-state index in [0.29, 0.717) is 21.8 Å². The van der Waals surface area contributed by atoms with Crippen molar-refractivity contribution in [2.24, 2.45) is 11.0 Å². The minimum atomic E-state index is -0.484. The molecule has 1 aliphatic rings. The third-order valence-electron chi connectivity index (χ3n) is 4.35. The molecule has 0 radical (unpaired) electrons. The van der Waals surface area contributed by atoms with Crippen LogP contribution in [0.5, 0.6) is 0 Å². The van der Waals surface area contributed by atoms with Crippen LogP contribution in [0.2, 0.25) is 5.02 Å². The van der Waals surface area contributed by atoms with Gasteiger partial charge in [0.1, 0.15) is 0 Å². The van der Waals surface area contributed by atoms with Crippen molar-refractivity contribution in [2.45, 2.75) is 6.42 Å². The van der Waals surface area contributed by atoms with Crippen LogP contribution in [0.4, 0.5) is 5.69 Å². The zero-order chi connectivity index (χ0) is 20.1. The highest BCUT2D eigenvalue weighted by Crippen LogP contribution is 2.26. The molecule has 0 aliphatic carbocycles. The van der Waals surface area contributed by atoms with Crippen LogP contribution in [-0.4, -0.2) is 37.7 Å². The Bertz CT molecular complexity index is 910. The summed E-state index contributed by atoms with van der Waals surface area (Å²) in [7, 11) is 1.31. The van der Waals surface area contributed by atoms with Gasteiger partial charge in [0, 0.05) is 23.7 Å². The van der Waals surface area contributed by atoms with E-state index in [1.165, 1.54) is 13.3 Å². The van der Waals surface area contributed by atoms with Gasteiger partial charge in [-0.2, -0.15) is 5.10 Å². The molecule has 1 saturated heterocycles. The Hall–Kier alpha value is -3.19. The topological polar surface area (TPSA) is 88.1 Å². The minimum absolute atomic E-state index is 0.121. The molecule has 1 aliphatic heterocycles. The van der Waals surface area contributed by atoms with E-state index in [0.717, 1.165) is 0 Å². The molecule has 28 heavy (non-hydrogen) atoms. The molecule has 2 aromatic rings. The molecular weight excluding hydrogens is 382 g/mol. The van der Waals surface area contributed by atoms with Crippen molar-refractivity contribution in [1.29, 1.82) is 0 Å². The third kappa shape index (κ3) is 4.55. The summed E-state index contributed by atoms with van der Waals surface area (Å²) in [6.45, 7) is 0.287. The van der Waals surface area contributed by atoms with Crippen molar-refractivity contribution in [3.63, 3.8) is 0 Å². The number of carbonyl (C=O) groups excluding carboxylic acids is 3. The molecular formula is C20H18ClN3O4. The van der Waals surface area contributed by atoms with Crippen LogP contribution in [0.25, 0.3) is 0 Å². The molecule has 1 heterocycles. The number of nitrogens with zero attached hydrogens (tertiary/aromatic N) is 2. The zero-order valence-corrected chi connectivity index (χ0v) is 15.8. The number of esters is 1. The lowest BCUT2D eigenvalue weighted by Gasteiger charge is -2.16. The number of amides is 2. The number of carbonyl (C=O) groups is 3. The van der Waals surface area contributed by atoms with Crippen molar-refractivity contribution in [3.8, 4) is 0 Å². The summed E-state index contributed by atoms with van der Waals surface area (Å²) < 4.78 is 4.63. The molecule has 8 heteroatoms. The minimum Gasteiger partial charge on any atom is -0.465 e. The Labute approximate surface area is 166 Å². The maximum Gasteiger partial charge on any atom is 0.337 e. The number of rotatable bonds is 5. The van der Waals surface area contributed by atoms with Crippen molar-refractivity contribution < 1.29 is 19.1 Å². The Balaban J connectivity index is 1.56. The fraction of sp³-hybridized carbons (Fsp3) is 0.200. The predicted molar refractivity (Wildman–Crippen MR) is 105 cm³/mol. The fourth-order valence-corrected chi connectivity index (χ4v) is 2.96. The fourth-order valence-electron chi connectivity index (χ4n) is 2.84. The smallest absolute Gasteiger partial charge is 0.337 e. The van der Waals surface area contributed by atoms with Gasteiger partial charge >= 0.3 is 5.97 Å². The average Bonchev–Trinajstić information content (AvgIpc) is 3.10. The summed E-state index contributed by atoms with van der Waals surface area (Å²) in [5, 5.41) is 4.51. The van der Waals surface area contributed by atoms with Gasteiger partial charge < -0.3 is 9.64 Å². The summed E-state index contributed by atoms with van der Waals surface area (Å²) in [6.07, 6.45) is 1.59. The van der Waals surface area contributed by atoms with Gasteiger partial charge in [-0.25, -0.2) is 10.2 Å². The lowest BCUT2D eigenvalue weighted by molar-refractivity contribution is -0.126. The number of nitrogens with one attached hydrogen (secondary N) is 1. The lowest BCUT2D eigenvalue weighted by Crippen LogP contribution is -2.30. The van der Waals surface area contributed by atoms with E-state index in [4.69, 9.17) is 11.6 Å². The number of hydrogen-bond donors (Lipinski definition) is 1. The summed E-state index contributed by atoms with van der Waals surface area (Å²) in [4.78, 5) is 37.5. The first-order chi connectivity index (χ1) is 13.5. The molecule has 1 fully saturated rings. The normalized spacial score (nSPS) is 16.4. The number of hydrogen-bond acceptors (Lipinski definition) is 5. The van der Waals surface area contributed by atoms with E-state index in [1.54, 1.807) is 53.4 Å². The summed E-state index contributed by atoms with van der Waals surface area (Å²) in [5.74, 6) is -1.35. The first-order valence-electron chi connectivity index (χ1n) is 8.55. The molecule has 2 aromatic carbocycles. The molecule has 3 rings (SSSR count). The van der Waals surface area contributed by atoms with Crippen LogP contribution in [-0.2, 0) is 14.3 Å². The lowest BCUT2D eigenvalue weighted by atomic mass is 10.1. The predicted octanol–water partition coefficient (Wildman–Crippen LogP) is 2.63. The molecule has 0 spiro atoms. The van der Waals surface area contributed by atoms with Gasteiger partial charge in [0.25, 0.3) is 0 Å². The van der Waals surface area contributed by atoms with E-state index in [9.17, 15) is 14.4 Å². The third-order valence-corrected chi connectivity index (χ3v) is 4.61. The molecule has 2 amide bonds. The second kappa shape index (κ2) is 8.67. The second-order valence-corrected chi connectivity index (χ2v) is 6.67. The SMILES string of the molecule is COC(=O)c1ccc(/C=N/NC(=O)C2CC(=O)N(c3ccc(Cl)cc3)C2)cc1. The van der Waals surface area contributed by atoms with Crippen molar-refractivity contribution in [3.05, 3.63) is 64.7 Å². The molecule has 0 bridgehead atoms. The largest absolute Gasteiger partial charge is 0.465 e. The van der Waals surface area contributed by atoms with Gasteiger partial charge in [-0.1, -0.05) is 23.7 Å². The Morgan fingerprint density at radius 2 is 1.86 bits per heavy atom. The molecule has 1 atom stereocenters. The number of methoxy groups -OCH3 is 1. The summed E-state index contributed by atoms with van der Waals surface area (Å²) in [5.41, 5.74) is 4.30. The molecule has 0 aromatic heterocycles. The van der Waals surface area contributed by atoms with Crippen molar-refractivity contribution >= 4 is 41.3 Å². The number of ether oxygens (including phenoxy) is 1. The van der Waals surface area contributed by atoms with Gasteiger partial charge in [0.15, 0.2) is 0 Å². The van der Waals surface area contributed by atoms with E-state index in [-0.39, 0.29) is 24.8 Å². The van der Waals surface area contributed by atoms with Crippen LogP contribution >= 0.6 is 11.6 Å². The molecule has 7 nitrogen and oxygen atoms in total. The quantitative estimate of drug-likeness (QED) is 0.475. The number of hydrazone groups is 1. The van der Waals surface area contributed by atoms with E-state index in [1.807, 2.05) is 0 Å². The highest BCUT2D eigenvalue weighted by atomic mass is 35.5. The van der Waals surface area contributed by atoms with Crippen LogP contribution in [0.1, 0.15) is 22.3 Å². The van der Waals surface area contributed by atoms with Crippen LogP contribution in [0.3, 0.4) is 0 Å². The van der Waals surface area contributed by atoms with Crippen molar-refractivity contribution in [2.75, 3.05) is 18.6 Å². The van der Waals surface area contributed by atoms with Gasteiger partial charge in [-0.3, -0.25) is 9.59 Å². The highest BCUT2D eigenvalue weighted by molar-refractivity contribution is 6.30. The van der Waals surface area contributed by atoms with Crippen LogP contribution in [0, 0.1) is 5.92 Å². The van der Waals surface area contributed by atoms with Crippen LogP contribution in [0.15, 0.2) is 53.6 Å². The Kier molecular flexibility index (Phi) is 6.06. The Morgan fingerprint density at radius 3 is 2.50 bits per heavy atom. The van der Waals surface area contributed by atoms with Gasteiger partial charge in [-0.05, 0) is 42.0 Å². The highest BCUT2D eigenvalue weighted by Gasteiger charge is 2.35. The van der Waals surface area contributed by atoms with E-state index >= 15 is 0 Å². The number of anilines is 1. The first kappa shape index (κ1) is 19.6. The molecule has 0 saturated carbocycles. The summed E-state index contributed by atoms with van der Waals surface area (Å²) in [6, 6.07) is 13.5. The first-order valence-corrected chi connectivity index (χ1v) is 8.93. The second-order valence-electron chi connectivity index (χ2n) is 6.23. The maximum atomic E-state index is 12.3. The van der Waals surface area contributed by atoms with E-state index < -0.39 is 11.9 Å². The van der Waals surface area contributed by atoms with Gasteiger partial charge in [-0.15, -0.1) is 0 Å². The monoisotopic (exact) mass is 399 g/mol. The van der Waals surface area contributed by atoms with Gasteiger partial charge in [0.05, 0.1) is 24.8 Å². The molecule has 144 valence electrons. The van der Waals surface area contributed by atoms with Crippen molar-refractivity contribution in [1.82, 2.24) is 5.43 Å².